The van der Waals surface area contributed by atoms with E-state index in [-0.39, 0.29) is 28.4 Å². The summed E-state index contributed by atoms with van der Waals surface area (Å²) in [6.45, 7) is 1.81. The smallest absolute Gasteiger partial charge is 0.301 e. The van der Waals surface area contributed by atoms with E-state index in [2.05, 4.69) is 25.4 Å². The highest BCUT2D eigenvalue weighted by Crippen LogP contribution is 2.22. The van der Waals surface area contributed by atoms with Crippen molar-refractivity contribution in [3.8, 4) is 11.8 Å². The predicted molar refractivity (Wildman–Crippen MR) is 102 cm³/mol. The normalized spacial score (nSPS) is 11.9. The van der Waals surface area contributed by atoms with Crippen LogP contribution in [0.2, 0.25) is 0 Å². The number of hydrogen-bond acceptors (Lipinski definition) is 8. The van der Waals surface area contributed by atoms with E-state index >= 15 is 0 Å². The molecule has 1 aromatic carbocycles. The van der Waals surface area contributed by atoms with Gasteiger partial charge in [0.1, 0.15) is 29.6 Å². The monoisotopic (exact) mass is 373 g/mol. The van der Waals surface area contributed by atoms with Crippen molar-refractivity contribution in [2.75, 3.05) is 11.1 Å². The van der Waals surface area contributed by atoms with Gasteiger partial charge in [-0.15, -0.1) is 0 Å². The van der Waals surface area contributed by atoms with E-state index in [1.807, 2.05) is 43.3 Å². The van der Waals surface area contributed by atoms with E-state index in [1.54, 1.807) is 6.20 Å². The highest BCUT2D eigenvalue weighted by atomic mass is 16.1. The lowest BCUT2D eigenvalue weighted by Gasteiger charge is -2.19. The quantitative estimate of drug-likeness (QED) is 0.545. The number of nitrogens with two attached hydrogens (primary N) is 1. The van der Waals surface area contributed by atoms with Crippen LogP contribution < -0.4 is 16.6 Å². The van der Waals surface area contributed by atoms with E-state index in [9.17, 15) is 10.1 Å². The maximum absolute atomic E-state index is 13.1. The van der Waals surface area contributed by atoms with E-state index in [4.69, 9.17) is 5.73 Å². The van der Waals surface area contributed by atoms with Gasteiger partial charge < -0.3 is 11.1 Å². The summed E-state index contributed by atoms with van der Waals surface area (Å²) in [5, 5.41) is 17.0. The van der Waals surface area contributed by atoms with Crippen LogP contribution in [0.5, 0.6) is 0 Å². The molecule has 0 bridgehead atoms. The number of benzene rings is 1. The van der Waals surface area contributed by atoms with Crippen LogP contribution >= 0.6 is 0 Å². The molecule has 10 heteroatoms. The minimum Gasteiger partial charge on any atom is -0.382 e. The van der Waals surface area contributed by atoms with Crippen LogP contribution in [0.3, 0.4) is 0 Å². The first-order valence-corrected chi connectivity index (χ1v) is 8.39. The Morgan fingerprint density at radius 2 is 2.00 bits per heavy atom. The van der Waals surface area contributed by atoms with Crippen LogP contribution in [0.4, 0.5) is 11.6 Å². The topological polar surface area (TPSA) is 140 Å². The van der Waals surface area contributed by atoms with Gasteiger partial charge in [0, 0.05) is 12.4 Å². The summed E-state index contributed by atoms with van der Waals surface area (Å²) in [5.74, 6) is 0.760. The molecule has 0 aliphatic rings. The van der Waals surface area contributed by atoms with Gasteiger partial charge in [-0.1, -0.05) is 18.2 Å². The summed E-state index contributed by atoms with van der Waals surface area (Å²) >= 11 is 0. The summed E-state index contributed by atoms with van der Waals surface area (Å²) in [7, 11) is 0. The van der Waals surface area contributed by atoms with Crippen molar-refractivity contribution in [3.63, 3.8) is 0 Å². The van der Waals surface area contributed by atoms with Crippen molar-refractivity contribution >= 4 is 17.3 Å². The van der Waals surface area contributed by atoms with Gasteiger partial charge in [-0.25, -0.2) is 19.5 Å². The first kappa shape index (κ1) is 17.2. The van der Waals surface area contributed by atoms with E-state index < -0.39 is 6.04 Å². The van der Waals surface area contributed by atoms with Gasteiger partial charge in [0.05, 0.1) is 11.7 Å². The third-order valence-corrected chi connectivity index (χ3v) is 4.20. The number of nitrogens with one attached hydrogen (secondary N) is 1. The second-order valence-electron chi connectivity index (χ2n) is 5.99. The van der Waals surface area contributed by atoms with Crippen molar-refractivity contribution < 1.29 is 0 Å². The number of hydrogen-bond donors (Lipinski definition) is 2. The van der Waals surface area contributed by atoms with E-state index in [0.29, 0.717) is 11.5 Å². The van der Waals surface area contributed by atoms with E-state index in [1.165, 1.54) is 21.6 Å². The number of para-hydroxylation sites is 1. The first-order valence-electron chi connectivity index (χ1n) is 8.39. The highest BCUT2D eigenvalue weighted by Gasteiger charge is 2.20. The summed E-state index contributed by atoms with van der Waals surface area (Å²) in [6.07, 6.45) is 4.38. The molecule has 4 aromatic rings. The Labute approximate surface area is 158 Å². The van der Waals surface area contributed by atoms with Crippen LogP contribution in [0.1, 0.15) is 24.4 Å². The molecule has 0 fully saturated rings. The largest absolute Gasteiger partial charge is 0.382 e. The molecule has 138 valence electrons. The molecule has 4 rings (SSSR count). The average Bonchev–Trinajstić information content (AvgIpc) is 3.18. The average molecular weight is 373 g/mol. The molecule has 0 radical (unpaired) electrons. The van der Waals surface area contributed by atoms with Crippen molar-refractivity contribution in [3.05, 3.63) is 70.8 Å². The Hall–Kier alpha value is -4.26. The number of imidazole rings is 1. The molecule has 3 heterocycles. The fourth-order valence-corrected chi connectivity index (χ4v) is 2.89. The number of nitrogens with zero attached hydrogens (tertiary/aromatic N) is 7. The zero-order valence-electron chi connectivity index (χ0n) is 14.8. The molecule has 3 aromatic heterocycles. The van der Waals surface area contributed by atoms with Crippen LogP contribution in [-0.2, 0) is 0 Å². The highest BCUT2D eigenvalue weighted by molar-refractivity contribution is 5.62. The number of rotatable bonds is 4. The Morgan fingerprint density at radius 3 is 2.75 bits per heavy atom. The molecule has 0 unspecified atom stereocenters. The second-order valence-corrected chi connectivity index (χ2v) is 5.99. The molecule has 0 saturated carbocycles. The van der Waals surface area contributed by atoms with Crippen LogP contribution in [-0.4, -0.2) is 29.1 Å². The number of aromatic nitrogens is 6. The van der Waals surface area contributed by atoms with Crippen molar-refractivity contribution in [2.24, 2.45) is 0 Å². The van der Waals surface area contributed by atoms with Gasteiger partial charge in [-0.3, -0.25) is 9.36 Å². The molecule has 0 spiro atoms. The van der Waals surface area contributed by atoms with Gasteiger partial charge in [-0.05, 0) is 19.1 Å². The number of nitriles is 1. The van der Waals surface area contributed by atoms with Gasteiger partial charge in [0.2, 0.25) is 5.65 Å². The molecule has 0 aliphatic carbocycles. The first-order chi connectivity index (χ1) is 13.6. The Kier molecular flexibility index (Phi) is 4.17. The summed E-state index contributed by atoms with van der Waals surface area (Å²) in [6, 6.07) is 10.6. The zero-order valence-corrected chi connectivity index (χ0v) is 14.8. The minimum atomic E-state index is -0.485. The van der Waals surface area contributed by atoms with Gasteiger partial charge >= 0.3 is 5.56 Å². The lowest BCUT2D eigenvalue weighted by molar-refractivity contribution is 0.670. The molecule has 1 atom stereocenters. The summed E-state index contributed by atoms with van der Waals surface area (Å²) in [5.41, 5.74) is 6.44. The molecule has 0 aliphatic heterocycles. The van der Waals surface area contributed by atoms with Gasteiger partial charge in [0.15, 0.2) is 5.82 Å². The van der Waals surface area contributed by atoms with Gasteiger partial charge in [-0.2, -0.15) is 10.4 Å². The molecule has 3 N–H and O–H groups in total. The number of anilines is 2. The second kappa shape index (κ2) is 6.81. The third kappa shape index (κ3) is 2.80. The maximum atomic E-state index is 13.1. The molecule has 0 saturated heterocycles. The number of fused-ring (bicyclic) bond motifs is 1. The Balaban J connectivity index is 1.88. The lowest BCUT2D eigenvalue weighted by atomic mass is 10.2. The summed E-state index contributed by atoms with van der Waals surface area (Å²) < 4.78 is 2.91. The molecule has 28 heavy (non-hydrogen) atoms. The minimum absolute atomic E-state index is 0.0747. The Bertz CT molecular complexity index is 1250. The van der Waals surface area contributed by atoms with Crippen molar-refractivity contribution in [2.45, 2.75) is 13.0 Å². The molecular weight excluding hydrogens is 358 g/mol. The van der Waals surface area contributed by atoms with E-state index in [0.717, 1.165) is 0 Å². The van der Waals surface area contributed by atoms with Crippen molar-refractivity contribution in [1.82, 2.24) is 29.1 Å². The predicted octanol–water partition coefficient (Wildman–Crippen LogP) is 1.30. The number of nitrogen functional groups attached to an aromatic ring is 1. The summed E-state index contributed by atoms with van der Waals surface area (Å²) in [4.78, 5) is 25.1. The zero-order chi connectivity index (χ0) is 19.7. The molecule has 10 nitrogen and oxygen atoms in total. The molecule has 0 amide bonds. The standard InChI is InChI=1S/C18H15N9O/c1-11(24-15-13(9-19)14(20)22-10-23-15)16-25-26-8-7-21-17(26)18(28)27(16)12-5-3-2-4-6-12/h2-8,10-11H,1H3,(H3,20,22,23,24)/t11-/m0/s1. The lowest BCUT2D eigenvalue weighted by Crippen LogP contribution is -2.29. The molecular formula is C18H15N9O. The van der Waals surface area contributed by atoms with Crippen LogP contribution in [0, 0.1) is 11.3 Å². The maximum Gasteiger partial charge on any atom is 0.301 e. The van der Waals surface area contributed by atoms with Crippen LogP contribution in [0.15, 0.2) is 53.8 Å². The van der Waals surface area contributed by atoms with Crippen molar-refractivity contribution in [1.29, 1.82) is 5.26 Å². The fourth-order valence-electron chi connectivity index (χ4n) is 2.89. The van der Waals surface area contributed by atoms with Gasteiger partial charge in [0.25, 0.3) is 0 Å². The SMILES string of the molecule is C[C@H](Nc1ncnc(N)c1C#N)c1nn2ccnc2c(=O)n1-c1ccccc1. The fraction of sp³-hybridized carbons (Fsp3) is 0.111. The van der Waals surface area contributed by atoms with Crippen LogP contribution in [0.25, 0.3) is 11.3 Å². The third-order valence-electron chi connectivity index (χ3n) is 4.20. The Morgan fingerprint density at radius 1 is 1.21 bits per heavy atom.